The molecule has 0 saturated carbocycles. The van der Waals surface area contributed by atoms with Crippen molar-refractivity contribution in [2.24, 2.45) is 5.92 Å². The highest BCUT2D eigenvalue weighted by molar-refractivity contribution is 5.98. The Hall–Kier alpha value is -2.21. The van der Waals surface area contributed by atoms with Crippen LogP contribution in [0.15, 0.2) is 24.3 Å². The predicted octanol–water partition coefficient (Wildman–Crippen LogP) is 1.71. The van der Waals surface area contributed by atoms with Gasteiger partial charge in [0.1, 0.15) is 0 Å². The Morgan fingerprint density at radius 2 is 2.00 bits per heavy atom. The first kappa shape index (κ1) is 17.1. The van der Waals surface area contributed by atoms with Crippen molar-refractivity contribution in [2.45, 2.75) is 26.3 Å². The summed E-state index contributed by atoms with van der Waals surface area (Å²) < 4.78 is 5.06. The van der Waals surface area contributed by atoms with E-state index in [4.69, 9.17) is 4.74 Å². The molecule has 1 aliphatic rings. The average Bonchev–Trinajstić information content (AvgIpc) is 2.90. The van der Waals surface area contributed by atoms with E-state index in [1.54, 1.807) is 36.3 Å². The van der Waals surface area contributed by atoms with Gasteiger partial charge in [0.15, 0.2) is 5.78 Å². The number of ether oxygens (including phenoxy) is 1. The van der Waals surface area contributed by atoms with Gasteiger partial charge in [0.05, 0.1) is 18.6 Å². The smallest absolute Gasteiger partial charge is 0.229 e. The van der Waals surface area contributed by atoms with Gasteiger partial charge in [0.25, 0.3) is 0 Å². The molecule has 0 radical (unpaired) electrons. The maximum atomic E-state index is 12.3. The van der Waals surface area contributed by atoms with Gasteiger partial charge < -0.3 is 15.0 Å². The number of carbonyl (C=O) groups is 3. The van der Waals surface area contributed by atoms with Crippen molar-refractivity contribution in [1.82, 2.24) is 4.90 Å². The second-order valence-corrected chi connectivity index (χ2v) is 5.87. The van der Waals surface area contributed by atoms with Crippen LogP contribution >= 0.6 is 0 Å². The number of carbonyl (C=O) groups excluding carboxylic acids is 3. The molecule has 2 rings (SSSR count). The maximum absolute atomic E-state index is 12.3. The monoisotopic (exact) mass is 318 g/mol. The highest BCUT2D eigenvalue weighted by Gasteiger charge is 2.36. The third kappa shape index (κ3) is 4.16. The van der Waals surface area contributed by atoms with Crippen LogP contribution in [0.25, 0.3) is 0 Å². The zero-order valence-electron chi connectivity index (χ0n) is 13.7. The summed E-state index contributed by atoms with van der Waals surface area (Å²) in [5, 5.41) is 2.80. The Morgan fingerprint density at radius 1 is 1.35 bits per heavy atom. The van der Waals surface area contributed by atoms with Gasteiger partial charge in [-0.25, -0.2) is 0 Å². The summed E-state index contributed by atoms with van der Waals surface area (Å²) in [6.07, 6.45) is 0.214. The molecule has 0 aliphatic carbocycles. The zero-order valence-corrected chi connectivity index (χ0v) is 13.7. The summed E-state index contributed by atoms with van der Waals surface area (Å²) in [5.41, 5.74) is 1.22. The standard InChI is InChI=1S/C17H22N2O4/c1-11(10-23-3)19-9-14(8-16(19)21)17(22)18-15-6-4-13(5-7-15)12(2)20/h4-7,11,14H,8-10H2,1-3H3,(H,18,22)/t11-,14-/m0/s1. The summed E-state index contributed by atoms with van der Waals surface area (Å²) in [7, 11) is 1.59. The first-order valence-electron chi connectivity index (χ1n) is 7.62. The van der Waals surface area contributed by atoms with Crippen molar-refractivity contribution in [1.29, 1.82) is 0 Å². The number of benzene rings is 1. The number of anilines is 1. The van der Waals surface area contributed by atoms with Crippen molar-refractivity contribution < 1.29 is 19.1 Å². The molecule has 2 atom stereocenters. The number of ketones is 1. The van der Waals surface area contributed by atoms with Gasteiger partial charge in [-0.05, 0) is 38.1 Å². The van der Waals surface area contributed by atoms with Gasteiger partial charge in [-0.1, -0.05) is 0 Å². The van der Waals surface area contributed by atoms with Crippen LogP contribution in [0, 0.1) is 5.92 Å². The molecule has 1 fully saturated rings. The van der Waals surface area contributed by atoms with Gasteiger partial charge >= 0.3 is 0 Å². The van der Waals surface area contributed by atoms with E-state index in [0.717, 1.165) is 0 Å². The number of rotatable bonds is 6. The van der Waals surface area contributed by atoms with Crippen LogP contribution in [0.4, 0.5) is 5.69 Å². The van der Waals surface area contributed by atoms with Crippen LogP contribution in [0.3, 0.4) is 0 Å². The molecular weight excluding hydrogens is 296 g/mol. The lowest BCUT2D eigenvalue weighted by molar-refractivity contribution is -0.130. The summed E-state index contributed by atoms with van der Waals surface area (Å²) in [5.74, 6) is -0.594. The molecule has 6 nitrogen and oxygen atoms in total. The summed E-state index contributed by atoms with van der Waals surface area (Å²) in [6, 6.07) is 6.68. The number of hydrogen-bond acceptors (Lipinski definition) is 4. The van der Waals surface area contributed by atoms with E-state index in [9.17, 15) is 14.4 Å². The van der Waals surface area contributed by atoms with Gasteiger partial charge in [0, 0.05) is 31.3 Å². The van der Waals surface area contributed by atoms with Crippen LogP contribution in [0.1, 0.15) is 30.6 Å². The fourth-order valence-corrected chi connectivity index (χ4v) is 2.70. The van der Waals surface area contributed by atoms with Crippen molar-refractivity contribution >= 4 is 23.3 Å². The number of likely N-dealkylation sites (tertiary alicyclic amines) is 1. The summed E-state index contributed by atoms with van der Waals surface area (Å²) in [6.45, 7) is 4.25. The van der Waals surface area contributed by atoms with Crippen molar-refractivity contribution in [3.63, 3.8) is 0 Å². The highest BCUT2D eigenvalue weighted by atomic mass is 16.5. The Bertz CT molecular complexity index is 597. The van der Waals surface area contributed by atoms with Crippen LogP contribution in [0.5, 0.6) is 0 Å². The molecule has 1 N–H and O–H groups in total. The molecule has 0 unspecified atom stereocenters. The van der Waals surface area contributed by atoms with Crippen LogP contribution < -0.4 is 5.32 Å². The molecule has 1 aliphatic heterocycles. The van der Waals surface area contributed by atoms with Crippen LogP contribution in [-0.2, 0) is 14.3 Å². The van der Waals surface area contributed by atoms with Crippen LogP contribution in [0.2, 0.25) is 0 Å². The zero-order chi connectivity index (χ0) is 17.0. The number of amides is 2. The lowest BCUT2D eigenvalue weighted by atomic mass is 10.1. The Kier molecular flexibility index (Phi) is 5.50. The normalized spacial score (nSPS) is 18.8. The molecule has 1 heterocycles. The van der Waals surface area contributed by atoms with E-state index in [-0.39, 0.29) is 36.0 Å². The summed E-state index contributed by atoms with van der Waals surface area (Å²) >= 11 is 0. The molecular formula is C17H22N2O4. The van der Waals surface area contributed by atoms with Crippen molar-refractivity contribution in [2.75, 3.05) is 25.6 Å². The van der Waals surface area contributed by atoms with E-state index in [0.29, 0.717) is 24.4 Å². The molecule has 0 aromatic heterocycles. The third-order valence-corrected chi connectivity index (χ3v) is 4.03. The number of hydrogen-bond donors (Lipinski definition) is 1. The minimum atomic E-state index is -0.366. The molecule has 0 bridgehead atoms. The van der Waals surface area contributed by atoms with Crippen LogP contribution in [-0.4, -0.2) is 48.8 Å². The maximum Gasteiger partial charge on any atom is 0.229 e. The first-order valence-corrected chi connectivity index (χ1v) is 7.62. The number of Topliss-reactive ketones (excluding diaryl/α,β-unsaturated/α-hetero) is 1. The van der Waals surface area contributed by atoms with Crippen molar-refractivity contribution in [3.05, 3.63) is 29.8 Å². The second kappa shape index (κ2) is 7.37. The number of methoxy groups -OCH3 is 1. The fraction of sp³-hybridized carbons (Fsp3) is 0.471. The third-order valence-electron chi connectivity index (χ3n) is 4.03. The average molecular weight is 318 g/mol. The Balaban J connectivity index is 1.96. The summed E-state index contributed by atoms with van der Waals surface area (Å²) in [4.78, 5) is 37.3. The predicted molar refractivity (Wildman–Crippen MR) is 86.2 cm³/mol. The molecule has 0 spiro atoms. The van der Waals surface area contributed by atoms with E-state index in [1.807, 2.05) is 6.92 Å². The number of nitrogens with zero attached hydrogens (tertiary/aromatic N) is 1. The topological polar surface area (TPSA) is 75.7 Å². The SMILES string of the molecule is COC[C@H](C)N1C[C@@H](C(=O)Nc2ccc(C(C)=O)cc2)CC1=O. The van der Waals surface area contributed by atoms with E-state index >= 15 is 0 Å². The Labute approximate surface area is 135 Å². The lowest BCUT2D eigenvalue weighted by Crippen LogP contribution is -2.38. The van der Waals surface area contributed by atoms with E-state index < -0.39 is 0 Å². The molecule has 1 aromatic rings. The Morgan fingerprint density at radius 3 is 2.57 bits per heavy atom. The van der Waals surface area contributed by atoms with Crippen molar-refractivity contribution in [3.8, 4) is 0 Å². The molecule has 1 saturated heterocycles. The van der Waals surface area contributed by atoms with Gasteiger partial charge in [-0.2, -0.15) is 0 Å². The van der Waals surface area contributed by atoms with Gasteiger partial charge in [-0.15, -0.1) is 0 Å². The van der Waals surface area contributed by atoms with E-state index in [1.165, 1.54) is 6.92 Å². The van der Waals surface area contributed by atoms with E-state index in [2.05, 4.69) is 5.32 Å². The fourth-order valence-electron chi connectivity index (χ4n) is 2.70. The minimum Gasteiger partial charge on any atom is -0.383 e. The first-order chi connectivity index (χ1) is 10.9. The quantitative estimate of drug-likeness (QED) is 0.810. The second-order valence-electron chi connectivity index (χ2n) is 5.87. The van der Waals surface area contributed by atoms with Gasteiger partial charge in [-0.3, -0.25) is 14.4 Å². The molecule has 124 valence electrons. The molecule has 1 aromatic carbocycles. The minimum absolute atomic E-state index is 0.0213. The largest absolute Gasteiger partial charge is 0.383 e. The molecule has 2 amide bonds. The molecule has 23 heavy (non-hydrogen) atoms. The highest BCUT2D eigenvalue weighted by Crippen LogP contribution is 2.22. The number of nitrogens with one attached hydrogen (secondary N) is 1. The van der Waals surface area contributed by atoms with Gasteiger partial charge in [0.2, 0.25) is 11.8 Å². The lowest BCUT2D eigenvalue weighted by Gasteiger charge is -2.23. The molecule has 6 heteroatoms.